The van der Waals surface area contributed by atoms with Gasteiger partial charge in [-0.15, -0.1) is 0 Å². The van der Waals surface area contributed by atoms with Gasteiger partial charge in [-0.2, -0.15) is 0 Å². The van der Waals surface area contributed by atoms with E-state index >= 15 is 0 Å². The van der Waals surface area contributed by atoms with Gasteiger partial charge in [-0.25, -0.2) is 4.39 Å². The lowest BCUT2D eigenvalue weighted by molar-refractivity contribution is 0.191. The van der Waals surface area contributed by atoms with Crippen LogP contribution < -0.4 is 10.1 Å². The number of nitrogens with zero attached hydrogens (tertiary/aromatic N) is 1. The van der Waals surface area contributed by atoms with Gasteiger partial charge in [-0.05, 0) is 39.3 Å². The fourth-order valence-corrected chi connectivity index (χ4v) is 2.66. The topological polar surface area (TPSA) is 24.5 Å². The molecule has 0 amide bonds. The van der Waals surface area contributed by atoms with Gasteiger partial charge in [0.2, 0.25) is 0 Å². The summed E-state index contributed by atoms with van der Waals surface area (Å²) in [4.78, 5) is 2.33. The molecule has 3 nitrogen and oxygen atoms in total. The first-order chi connectivity index (χ1) is 9.60. The predicted molar refractivity (Wildman–Crippen MR) is 79.5 cm³/mol. The molecular formula is C16H25FN2O. The van der Waals surface area contributed by atoms with Crippen LogP contribution in [0.15, 0.2) is 18.2 Å². The van der Waals surface area contributed by atoms with E-state index in [1.54, 1.807) is 7.11 Å². The molecule has 1 aliphatic rings. The number of nitrogens with one attached hydrogen (secondary N) is 1. The second-order valence-corrected chi connectivity index (χ2v) is 5.77. The Morgan fingerprint density at radius 3 is 2.80 bits per heavy atom. The number of hydrogen-bond donors (Lipinski definition) is 1. The van der Waals surface area contributed by atoms with Crippen molar-refractivity contribution in [1.82, 2.24) is 10.2 Å². The van der Waals surface area contributed by atoms with Gasteiger partial charge in [0.25, 0.3) is 0 Å². The Labute approximate surface area is 121 Å². The zero-order valence-corrected chi connectivity index (χ0v) is 12.7. The zero-order valence-electron chi connectivity index (χ0n) is 12.7. The molecule has 0 aromatic heterocycles. The van der Waals surface area contributed by atoms with Crippen LogP contribution >= 0.6 is 0 Å². The molecule has 0 aliphatic carbocycles. The molecule has 1 unspecified atom stereocenters. The fraction of sp³-hybridized carbons (Fsp3) is 0.625. The Balaban J connectivity index is 2.03. The van der Waals surface area contributed by atoms with E-state index in [1.807, 2.05) is 12.1 Å². The summed E-state index contributed by atoms with van der Waals surface area (Å²) < 4.78 is 19.1. The van der Waals surface area contributed by atoms with Crippen LogP contribution in [0, 0.1) is 5.82 Å². The van der Waals surface area contributed by atoms with Crippen LogP contribution in [0.5, 0.6) is 5.75 Å². The summed E-state index contributed by atoms with van der Waals surface area (Å²) in [5.74, 6) is 0.384. The maximum absolute atomic E-state index is 14.1. The molecule has 0 radical (unpaired) electrons. The van der Waals surface area contributed by atoms with E-state index in [9.17, 15) is 4.39 Å². The van der Waals surface area contributed by atoms with Crippen LogP contribution in [-0.2, 0) is 6.54 Å². The molecule has 0 spiro atoms. The van der Waals surface area contributed by atoms with Crippen molar-refractivity contribution < 1.29 is 9.13 Å². The molecule has 1 aromatic rings. The third kappa shape index (κ3) is 3.93. The van der Waals surface area contributed by atoms with Gasteiger partial charge in [0.05, 0.1) is 7.11 Å². The summed E-state index contributed by atoms with van der Waals surface area (Å²) in [7, 11) is 1.56. The molecule has 2 rings (SSSR count). The minimum absolute atomic E-state index is 0.186. The van der Waals surface area contributed by atoms with Crippen LogP contribution in [0.2, 0.25) is 0 Å². The summed E-state index contributed by atoms with van der Waals surface area (Å²) in [6.07, 6.45) is 2.46. The molecule has 1 saturated heterocycles. The van der Waals surface area contributed by atoms with Crippen LogP contribution in [0.1, 0.15) is 32.3 Å². The van der Waals surface area contributed by atoms with Crippen LogP contribution in [0.3, 0.4) is 0 Å². The number of hydrogen-bond acceptors (Lipinski definition) is 3. The summed E-state index contributed by atoms with van der Waals surface area (Å²) in [6.45, 7) is 7.05. The maximum Gasteiger partial charge on any atom is 0.131 e. The third-order valence-corrected chi connectivity index (χ3v) is 3.98. The van der Waals surface area contributed by atoms with Crippen molar-refractivity contribution >= 4 is 0 Å². The average Bonchev–Trinajstić information content (AvgIpc) is 2.92. The highest BCUT2D eigenvalue weighted by molar-refractivity contribution is 5.28. The molecule has 0 saturated carbocycles. The van der Waals surface area contributed by atoms with Gasteiger partial charge in [0, 0.05) is 36.8 Å². The SMILES string of the molecule is COc1ccc(CN(CC2CCCN2)C(C)C)c(F)c1. The van der Waals surface area contributed by atoms with Gasteiger partial charge in [0.1, 0.15) is 11.6 Å². The average molecular weight is 280 g/mol. The quantitative estimate of drug-likeness (QED) is 0.867. The van der Waals surface area contributed by atoms with E-state index < -0.39 is 0 Å². The maximum atomic E-state index is 14.1. The fourth-order valence-electron chi connectivity index (χ4n) is 2.66. The first-order valence-corrected chi connectivity index (χ1v) is 7.40. The largest absolute Gasteiger partial charge is 0.497 e. The normalized spacial score (nSPS) is 19.0. The van der Waals surface area contributed by atoms with Gasteiger partial charge in [0.15, 0.2) is 0 Å². The summed E-state index contributed by atoms with van der Waals surface area (Å²) in [6, 6.07) is 6.05. The van der Waals surface area contributed by atoms with Crippen molar-refractivity contribution in [3.63, 3.8) is 0 Å². The minimum Gasteiger partial charge on any atom is -0.497 e. The van der Waals surface area contributed by atoms with E-state index in [2.05, 4.69) is 24.1 Å². The molecule has 1 N–H and O–H groups in total. The van der Waals surface area contributed by atoms with Crippen molar-refractivity contribution in [3.05, 3.63) is 29.6 Å². The van der Waals surface area contributed by atoms with Crippen molar-refractivity contribution in [2.75, 3.05) is 20.2 Å². The first-order valence-electron chi connectivity index (χ1n) is 7.40. The Bertz CT molecular complexity index is 430. The van der Waals surface area contributed by atoms with E-state index in [0.717, 1.165) is 18.7 Å². The third-order valence-electron chi connectivity index (χ3n) is 3.98. The number of ether oxygens (including phenoxy) is 1. The molecular weight excluding hydrogens is 255 g/mol. The van der Waals surface area contributed by atoms with Gasteiger partial charge in [-0.1, -0.05) is 6.07 Å². The predicted octanol–water partition coefficient (Wildman–Crippen LogP) is 2.80. The molecule has 4 heteroatoms. The molecule has 0 bridgehead atoms. The van der Waals surface area contributed by atoms with Gasteiger partial charge < -0.3 is 10.1 Å². The Morgan fingerprint density at radius 2 is 2.25 bits per heavy atom. The summed E-state index contributed by atoms with van der Waals surface area (Å²) in [5, 5.41) is 3.51. The lowest BCUT2D eigenvalue weighted by atomic mass is 10.1. The summed E-state index contributed by atoms with van der Waals surface area (Å²) >= 11 is 0. The Morgan fingerprint density at radius 1 is 1.45 bits per heavy atom. The lowest BCUT2D eigenvalue weighted by Crippen LogP contribution is -2.40. The highest BCUT2D eigenvalue weighted by atomic mass is 19.1. The molecule has 1 fully saturated rings. The van der Waals surface area contributed by atoms with Crippen LogP contribution in [0.25, 0.3) is 0 Å². The first kappa shape index (κ1) is 15.3. The van der Waals surface area contributed by atoms with Gasteiger partial charge in [-0.3, -0.25) is 4.90 Å². The molecule has 1 aromatic carbocycles. The number of rotatable bonds is 6. The van der Waals surface area contributed by atoms with E-state index in [1.165, 1.54) is 18.9 Å². The van der Waals surface area contributed by atoms with E-state index in [4.69, 9.17) is 4.74 Å². The Kier molecular flexibility index (Phi) is 5.38. The molecule has 1 heterocycles. The zero-order chi connectivity index (χ0) is 14.5. The molecule has 20 heavy (non-hydrogen) atoms. The van der Waals surface area contributed by atoms with E-state index in [0.29, 0.717) is 24.4 Å². The second kappa shape index (κ2) is 7.04. The highest BCUT2D eigenvalue weighted by Gasteiger charge is 2.20. The smallest absolute Gasteiger partial charge is 0.131 e. The van der Waals surface area contributed by atoms with Crippen LogP contribution in [0.4, 0.5) is 4.39 Å². The number of halogens is 1. The molecule has 112 valence electrons. The van der Waals surface area contributed by atoms with Crippen molar-refractivity contribution in [2.24, 2.45) is 0 Å². The number of methoxy groups -OCH3 is 1. The Hall–Kier alpha value is -1.13. The van der Waals surface area contributed by atoms with E-state index in [-0.39, 0.29) is 5.82 Å². The van der Waals surface area contributed by atoms with Crippen molar-refractivity contribution in [3.8, 4) is 5.75 Å². The second-order valence-electron chi connectivity index (χ2n) is 5.77. The van der Waals surface area contributed by atoms with Crippen molar-refractivity contribution in [2.45, 2.75) is 45.3 Å². The lowest BCUT2D eigenvalue weighted by Gasteiger charge is -2.29. The minimum atomic E-state index is -0.186. The monoisotopic (exact) mass is 280 g/mol. The van der Waals surface area contributed by atoms with Crippen molar-refractivity contribution in [1.29, 1.82) is 0 Å². The summed E-state index contributed by atoms with van der Waals surface area (Å²) in [5.41, 5.74) is 0.734. The number of benzene rings is 1. The van der Waals surface area contributed by atoms with Gasteiger partial charge >= 0.3 is 0 Å². The molecule has 1 aliphatic heterocycles. The highest BCUT2D eigenvalue weighted by Crippen LogP contribution is 2.19. The standard InChI is InChI=1S/C16H25FN2O/c1-12(2)19(11-14-5-4-8-18-14)10-13-6-7-15(20-3)9-16(13)17/h6-7,9,12,14,18H,4-5,8,10-11H2,1-3H3. The molecule has 1 atom stereocenters. The van der Waals surface area contributed by atoms with Crippen LogP contribution in [-0.4, -0.2) is 37.2 Å².